The van der Waals surface area contributed by atoms with Gasteiger partial charge in [-0.25, -0.2) is 9.67 Å². The van der Waals surface area contributed by atoms with Crippen LogP contribution in [0, 0.1) is 0 Å². The van der Waals surface area contributed by atoms with Gasteiger partial charge in [0.05, 0.1) is 38.2 Å². The van der Waals surface area contributed by atoms with Crippen LogP contribution in [0.15, 0.2) is 59.7 Å². The molecule has 0 aliphatic carbocycles. The van der Waals surface area contributed by atoms with Gasteiger partial charge in [0.15, 0.2) is 5.96 Å². The Balaban J connectivity index is 0.00000240. The van der Waals surface area contributed by atoms with E-state index >= 15 is 0 Å². The second kappa shape index (κ2) is 9.59. The number of ether oxygens (including phenoxy) is 2. The zero-order valence-corrected chi connectivity index (χ0v) is 18.3. The van der Waals surface area contributed by atoms with E-state index in [1.807, 2.05) is 54.7 Å². The van der Waals surface area contributed by atoms with Crippen LogP contribution in [-0.2, 0) is 6.54 Å². The zero-order valence-electron chi connectivity index (χ0n) is 16.0. The normalized spacial score (nSPS) is 15.6. The van der Waals surface area contributed by atoms with Crippen LogP contribution < -0.4 is 20.5 Å². The summed E-state index contributed by atoms with van der Waals surface area (Å²) in [6.45, 7) is 0.998. The minimum Gasteiger partial charge on any atom is -0.497 e. The molecule has 0 radical (unpaired) electrons. The molecule has 0 amide bonds. The number of nitrogens with zero attached hydrogens (tertiary/aromatic N) is 4. The number of para-hydroxylation sites is 1. The molecule has 8 nitrogen and oxygen atoms in total. The highest BCUT2D eigenvalue weighted by Gasteiger charge is 2.21. The van der Waals surface area contributed by atoms with Gasteiger partial charge in [-0.3, -0.25) is 0 Å². The van der Waals surface area contributed by atoms with E-state index in [9.17, 15) is 0 Å². The number of rotatable bonds is 5. The first-order valence-electron chi connectivity index (χ1n) is 9.07. The molecule has 2 aromatic carbocycles. The molecule has 0 spiro atoms. The Morgan fingerprint density at radius 3 is 2.86 bits per heavy atom. The third-order valence-corrected chi connectivity index (χ3v) is 4.57. The highest BCUT2D eigenvalue weighted by Crippen LogP contribution is 2.31. The molecule has 1 aliphatic heterocycles. The molecule has 29 heavy (non-hydrogen) atoms. The summed E-state index contributed by atoms with van der Waals surface area (Å²) < 4.78 is 12.5. The fourth-order valence-electron chi connectivity index (χ4n) is 3.11. The van der Waals surface area contributed by atoms with Crippen molar-refractivity contribution in [2.45, 2.75) is 19.0 Å². The lowest BCUT2D eigenvalue weighted by Gasteiger charge is -2.26. The van der Waals surface area contributed by atoms with Gasteiger partial charge in [0.25, 0.3) is 0 Å². The van der Waals surface area contributed by atoms with Gasteiger partial charge in [0.1, 0.15) is 17.2 Å². The van der Waals surface area contributed by atoms with Gasteiger partial charge in [-0.15, -0.1) is 29.1 Å². The predicted octanol–water partition coefficient (Wildman–Crippen LogP) is 2.82. The number of aromatic nitrogens is 3. The van der Waals surface area contributed by atoms with Crippen LogP contribution in [0.4, 0.5) is 0 Å². The Morgan fingerprint density at radius 2 is 2.07 bits per heavy atom. The first-order chi connectivity index (χ1) is 13.7. The van der Waals surface area contributed by atoms with Crippen molar-refractivity contribution < 1.29 is 9.47 Å². The number of nitrogens with two attached hydrogens (primary N) is 1. The smallest absolute Gasteiger partial charge is 0.189 e. The second-order valence-electron chi connectivity index (χ2n) is 6.43. The fraction of sp³-hybridized carbons (Fsp3) is 0.250. The molecule has 1 aromatic heterocycles. The average molecular weight is 506 g/mol. The summed E-state index contributed by atoms with van der Waals surface area (Å²) in [5.41, 5.74) is 8.81. The van der Waals surface area contributed by atoms with Gasteiger partial charge in [-0.1, -0.05) is 23.4 Å². The largest absolute Gasteiger partial charge is 0.497 e. The fourth-order valence-corrected chi connectivity index (χ4v) is 3.11. The van der Waals surface area contributed by atoms with E-state index in [4.69, 9.17) is 15.2 Å². The molecular formula is C20H23IN6O2. The molecule has 1 unspecified atom stereocenters. The second-order valence-corrected chi connectivity index (χ2v) is 6.43. The molecule has 0 saturated heterocycles. The number of fused-ring (bicyclic) bond motifs is 1. The van der Waals surface area contributed by atoms with Crippen molar-refractivity contribution in [3.05, 3.63) is 66.0 Å². The van der Waals surface area contributed by atoms with Gasteiger partial charge >= 0.3 is 0 Å². The van der Waals surface area contributed by atoms with Gasteiger partial charge < -0.3 is 20.5 Å². The SMILES string of the molecule is COc1ccc(-n2cc(CN=C(N)NC3CCOc4ccccc43)nn2)cc1.I. The van der Waals surface area contributed by atoms with Crippen LogP contribution in [0.25, 0.3) is 5.69 Å². The minimum absolute atomic E-state index is 0. The van der Waals surface area contributed by atoms with Crippen molar-refractivity contribution >= 4 is 29.9 Å². The molecule has 1 aliphatic rings. The van der Waals surface area contributed by atoms with Crippen LogP contribution in [0.5, 0.6) is 11.5 Å². The molecular weight excluding hydrogens is 483 g/mol. The molecule has 3 aromatic rings. The van der Waals surface area contributed by atoms with Crippen LogP contribution in [0.3, 0.4) is 0 Å². The van der Waals surface area contributed by atoms with Gasteiger partial charge in [0.2, 0.25) is 0 Å². The van der Waals surface area contributed by atoms with E-state index in [-0.39, 0.29) is 30.0 Å². The third-order valence-electron chi connectivity index (χ3n) is 4.57. The summed E-state index contributed by atoms with van der Waals surface area (Å²) in [4.78, 5) is 4.40. The van der Waals surface area contributed by atoms with Crippen molar-refractivity contribution in [2.24, 2.45) is 10.7 Å². The average Bonchev–Trinajstić information content (AvgIpc) is 3.22. The van der Waals surface area contributed by atoms with Gasteiger partial charge in [0, 0.05) is 12.0 Å². The van der Waals surface area contributed by atoms with E-state index in [2.05, 4.69) is 20.6 Å². The number of hydrogen-bond acceptors (Lipinski definition) is 5. The number of nitrogens with one attached hydrogen (secondary N) is 1. The molecule has 0 fully saturated rings. The quantitative estimate of drug-likeness (QED) is 0.314. The van der Waals surface area contributed by atoms with Crippen LogP contribution in [0.1, 0.15) is 23.7 Å². The summed E-state index contributed by atoms with van der Waals surface area (Å²) in [6.07, 6.45) is 2.67. The number of guanidine groups is 1. The van der Waals surface area contributed by atoms with Crippen molar-refractivity contribution in [3.8, 4) is 17.2 Å². The first kappa shape index (κ1) is 20.9. The number of benzene rings is 2. The molecule has 3 N–H and O–H groups in total. The van der Waals surface area contributed by atoms with Crippen molar-refractivity contribution in [1.82, 2.24) is 20.3 Å². The maximum Gasteiger partial charge on any atom is 0.189 e. The van der Waals surface area contributed by atoms with Crippen LogP contribution >= 0.6 is 24.0 Å². The Morgan fingerprint density at radius 1 is 1.28 bits per heavy atom. The van der Waals surface area contributed by atoms with Crippen LogP contribution in [0.2, 0.25) is 0 Å². The highest BCUT2D eigenvalue weighted by atomic mass is 127. The minimum atomic E-state index is 0. The number of hydrogen-bond donors (Lipinski definition) is 2. The summed E-state index contributed by atoms with van der Waals surface area (Å²) in [5.74, 6) is 2.06. The topological polar surface area (TPSA) is 99.6 Å². The maximum atomic E-state index is 6.09. The van der Waals surface area contributed by atoms with E-state index in [1.54, 1.807) is 11.8 Å². The lowest BCUT2D eigenvalue weighted by Crippen LogP contribution is -2.37. The summed E-state index contributed by atoms with van der Waals surface area (Å²) >= 11 is 0. The van der Waals surface area contributed by atoms with E-state index in [0.717, 1.165) is 34.9 Å². The first-order valence-corrected chi connectivity index (χ1v) is 9.07. The lowest BCUT2D eigenvalue weighted by molar-refractivity contribution is 0.262. The molecule has 2 heterocycles. The summed E-state index contributed by atoms with van der Waals surface area (Å²) in [7, 11) is 1.64. The molecule has 0 bridgehead atoms. The summed E-state index contributed by atoms with van der Waals surface area (Å²) in [5, 5.41) is 11.6. The van der Waals surface area contributed by atoms with Gasteiger partial charge in [-0.2, -0.15) is 0 Å². The predicted molar refractivity (Wildman–Crippen MR) is 121 cm³/mol. The third kappa shape index (κ3) is 4.97. The highest BCUT2D eigenvalue weighted by molar-refractivity contribution is 14.0. The molecule has 152 valence electrons. The summed E-state index contributed by atoms with van der Waals surface area (Å²) in [6, 6.07) is 15.6. The van der Waals surface area contributed by atoms with Crippen molar-refractivity contribution in [3.63, 3.8) is 0 Å². The lowest BCUT2D eigenvalue weighted by atomic mass is 10.0. The van der Waals surface area contributed by atoms with Gasteiger partial charge in [-0.05, 0) is 30.3 Å². The van der Waals surface area contributed by atoms with Crippen molar-refractivity contribution in [1.29, 1.82) is 0 Å². The van der Waals surface area contributed by atoms with Crippen molar-refractivity contribution in [2.75, 3.05) is 13.7 Å². The molecule has 9 heteroatoms. The molecule has 0 saturated carbocycles. The Labute approximate surface area is 186 Å². The monoisotopic (exact) mass is 506 g/mol. The Bertz CT molecular complexity index is 973. The Hall–Kier alpha value is -2.82. The standard InChI is InChI=1S/C20H22N6O2.HI/c1-27-16-8-6-15(7-9-16)26-13-14(24-25-26)12-22-20(21)23-18-10-11-28-19-5-3-2-4-17(18)19;/h2-9,13,18H,10-12H2,1H3,(H3,21,22,23);1H. The van der Waals surface area contributed by atoms with E-state index < -0.39 is 0 Å². The Kier molecular flexibility index (Phi) is 6.91. The maximum absolute atomic E-state index is 6.09. The number of methoxy groups -OCH3 is 1. The number of halogens is 1. The molecule has 1 atom stereocenters. The van der Waals surface area contributed by atoms with E-state index in [1.165, 1.54) is 0 Å². The van der Waals surface area contributed by atoms with Crippen LogP contribution in [-0.4, -0.2) is 34.7 Å². The molecule has 4 rings (SSSR count). The number of aliphatic imine (C=N–C) groups is 1. The van der Waals surface area contributed by atoms with E-state index in [0.29, 0.717) is 19.1 Å². The zero-order chi connectivity index (χ0) is 19.3.